The van der Waals surface area contributed by atoms with E-state index in [4.69, 9.17) is 16.3 Å². The quantitative estimate of drug-likeness (QED) is 0.114. The van der Waals surface area contributed by atoms with E-state index in [-0.39, 0.29) is 42.1 Å². The largest absolute Gasteiger partial charge is 0.394 e. The van der Waals surface area contributed by atoms with Gasteiger partial charge in [-0.25, -0.2) is 9.97 Å². The maximum atomic E-state index is 13.2. The van der Waals surface area contributed by atoms with Gasteiger partial charge >= 0.3 is 6.18 Å². The lowest BCUT2D eigenvalue weighted by atomic mass is 9.80. The first-order valence-electron chi connectivity index (χ1n) is 16.9. The maximum Gasteiger partial charge on any atom is 0.394 e. The van der Waals surface area contributed by atoms with E-state index in [2.05, 4.69) is 81.6 Å². The molecule has 0 bridgehead atoms. The van der Waals surface area contributed by atoms with Gasteiger partial charge in [0.2, 0.25) is 0 Å². The van der Waals surface area contributed by atoms with Crippen LogP contribution in [0, 0.1) is 11.3 Å². The smallest absolute Gasteiger partial charge is 0.370 e. The number of hydrogen-bond acceptors (Lipinski definition) is 9. The molecule has 50 heavy (non-hydrogen) atoms. The average molecular weight is 730 g/mol. The van der Waals surface area contributed by atoms with Crippen LogP contribution >= 0.6 is 23.5 Å². The normalized spacial score (nSPS) is 21.7. The van der Waals surface area contributed by atoms with Crippen LogP contribution in [0.3, 0.4) is 0 Å². The fourth-order valence-corrected chi connectivity index (χ4v) is 7.58. The minimum Gasteiger partial charge on any atom is -0.370 e. The van der Waals surface area contributed by atoms with E-state index in [9.17, 15) is 18.0 Å². The maximum absolute atomic E-state index is 13.2. The molecule has 3 unspecified atom stereocenters. The zero-order valence-electron chi connectivity index (χ0n) is 28.3. The molecule has 268 valence electrons. The van der Waals surface area contributed by atoms with E-state index in [0.717, 1.165) is 43.7 Å². The Morgan fingerprint density at radius 3 is 2.58 bits per heavy atom. The Kier molecular flexibility index (Phi) is 11.0. The zero-order valence-corrected chi connectivity index (χ0v) is 29.9. The van der Waals surface area contributed by atoms with Gasteiger partial charge < -0.3 is 15.0 Å². The van der Waals surface area contributed by atoms with Crippen molar-refractivity contribution in [2.24, 2.45) is 11.3 Å². The highest BCUT2D eigenvalue weighted by atomic mass is 35.5. The molecular weight excluding hydrogens is 687 g/mol. The lowest BCUT2D eigenvalue weighted by Crippen LogP contribution is -2.38. The van der Waals surface area contributed by atoms with Crippen molar-refractivity contribution in [3.63, 3.8) is 0 Å². The highest BCUT2D eigenvalue weighted by molar-refractivity contribution is 7.97. The number of alkyl halides is 3. The third kappa shape index (κ3) is 8.56. The number of carbonyl (C=O) groups excluding carboxylic acids is 1. The van der Waals surface area contributed by atoms with Gasteiger partial charge in [0.25, 0.3) is 5.91 Å². The van der Waals surface area contributed by atoms with Gasteiger partial charge in [0.15, 0.2) is 0 Å². The van der Waals surface area contributed by atoms with Gasteiger partial charge in [-0.05, 0) is 101 Å². The summed E-state index contributed by atoms with van der Waals surface area (Å²) in [5.74, 6) is 1.68. The molecule has 1 aliphatic carbocycles. The summed E-state index contributed by atoms with van der Waals surface area (Å²) < 4.78 is 47.9. The number of hydrazine groups is 1. The minimum absolute atomic E-state index is 0.00536. The topological polar surface area (TPSA) is 94.7 Å². The van der Waals surface area contributed by atoms with Crippen molar-refractivity contribution in [3.05, 3.63) is 89.2 Å². The van der Waals surface area contributed by atoms with Gasteiger partial charge in [0, 0.05) is 43.4 Å². The summed E-state index contributed by atoms with van der Waals surface area (Å²) in [6, 6.07) is 19.5. The molecule has 1 amide bonds. The third-order valence-electron chi connectivity index (χ3n) is 10.2. The summed E-state index contributed by atoms with van der Waals surface area (Å²) in [5.41, 5.74) is 3.13. The molecule has 2 aromatic heterocycles. The van der Waals surface area contributed by atoms with E-state index < -0.39 is 23.7 Å². The van der Waals surface area contributed by atoms with Gasteiger partial charge in [-0.1, -0.05) is 48.0 Å². The minimum atomic E-state index is -4.20. The molecule has 1 saturated carbocycles. The number of nitrogens with one attached hydrogen (secondary N) is 3. The van der Waals surface area contributed by atoms with Crippen LogP contribution in [0.25, 0.3) is 0 Å². The number of halogens is 4. The predicted octanol–water partition coefficient (Wildman–Crippen LogP) is 7.80. The molecule has 2 aliphatic heterocycles. The number of ether oxygens (including phenoxy) is 1. The highest BCUT2D eigenvalue weighted by Gasteiger charge is 2.62. The Morgan fingerprint density at radius 2 is 1.90 bits per heavy atom. The summed E-state index contributed by atoms with van der Waals surface area (Å²) in [6.07, 6.45) is 0.849. The number of carbonyl (C=O) groups is 1. The van der Waals surface area contributed by atoms with Crippen molar-refractivity contribution in [3.8, 4) is 0 Å². The van der Waals surface area contributed by atoms with Gasteiger partial charge in [-0.15, -0.1) is 0 Å². The van der Waals surface area contributed by atoms with Crippen LogP contribution in [-0.2, 0) is 4.74 Å². The Morgan fingerprint density at radius 1 is 1.12 bits per heavy atom. The van der Waals surface area contributed by atoms with Gasteiger partial charge in [0.05, 0.1) is 11.0 Å². The number of pyridine rings is 2. The van der Waals surface area contributed by atoms with Crippen LogP contribution in [-0.4, -0.2) is 65.5 Å². The van der Waals surface area contributed by atoms with Gasteiger partial charge in [0.1, 0.15) is 28.0 Å². The number of nitrogens with zero attached hydrogens (tertiary/aromatic N) is 4. The van der Waals surface area contributed by atoms with Crippen molar-refractivity contribution in [1.82, 2.24) is 25.0 Å². The molecule has 0 spiro atoms. The molecule has 0 radical (unpaired) electrons. The van der Waals surface area contributed by atoms with Crippen LogP contribution in [0.15, 0.2) is 78.0 Å². The number of anilines is 2. The first kappa shape index (κ1) is 36.4. The summed E-state index contributed by atoms with van der Waals surface area (Å²) in [4.78, 5) is 24.5. The number of likely N-dealkylation sites (tertiary alicyclic amines) is 1. The van der Waals surface area contributed by atoms with Crippen LogP contribution < -0.4 is 20.5 Å². The number of hydrogen-bond donors (Lipinski definition) is 3. The monoisotopic (exact) mass is 729 g/mol. The van der Waals surface area contributed by atoms with Crippen LogP contribution in [0.2, 0.25) is 5.15 Å². The third-order valence-corrected chi connectivity index (χ3v) is 11.2. The molecular formula is C36H43ClF3N7O2S. The van der Waals surface area contributed by atoms with Crippen molar-refractivity contribution >= 4 is 41.1 Å². The lowest BCUT2D eigenvalue weighted by molar-refractivity contribution is -0.192. The second-order valence-electron chi connectivity index (χ2n) is 14.0. The predicted molar refractivity (Wildman–Crippen MR) is 191 cm³/mol. The lowest BCUT2D eigenvalue weighted by Gasteiger charge is -2.27. The molecule has 3 aliphatic rings. The van der Waals surface area contributed by atoms with E-state index in [1.54, 1.807) is 29.4 Å². The molecule has 2 fully saturated rings. The average Bonchev–Trinajstić information content (AvgIpc) is 3.66. The van der Waals surface area contributed by atoms with E-state index in [1.165, 1.54) is 5.56 Å². The van der Waals surface area contributed by atoms with Crippen LogP contribution in [0.1, 0.15) is 67.8 Å². The SMILES string of the molecule is CN1CC(C(CCNc2cccc(SNC(=O)c3ccc(N4C=CC(OCCC5(C(F)(F)F)CC5)N4)nc3Cl)n2)c2ccccc2)CC1(C)C. The molecule has 3 aromatic rings. The standard InChI is InChI=1S/C36H43ClF3N7O2S/c1-34(2)22-25(23-46(34)3)26(24-8-5-4-6-9-24)14-19-41-28-10-7-11-31(42-28)50-45-33(48)27-12-13-29(43-32(27)37)47-20-15-30(44-47)49-21-18-35(16-17-35)36(38,39)40/h4-13,15,20,25-26,30,44H,14,16-19,21-23H2,1-3H3,(H,41,42)(H,45,48). The Bertz CT molecular complexity index is 1670. The summed E-state index contributed by atoms with van der Waals surface area (Å²) >= 11 is 7.49. The summed E-state index contributed by atoms with van der Waals surface area (Å²) in [7, 11) is 2.21. The second kappa shape index (κ2) is 15.1. The number of aromatic nitrogens is 2. The molecule has 9 nitrogen and oxygen atoms in total. The van der Waals surface area contributed by atoms with Gasteiger partial charge in [-0.2, -0.15) is 18.6 Å². The van der Waals surface area contributed by atoms with Crippen molar-refractivity contribution in [2.75, 3.05) is 37.1 Å². The van der Waals surface area contributed by atoms with E-state index >= 15 is 0 Å². The number of rotatable bonds is 14. The molecule has 3 N–H and O–H groups in total. The Balaban J connectivity index is 0.975. The molecule has 1 saturated heterocycles. The molecule has 6 rings (SSSR count). The van der Waals surface area contributed by atoms with Crippen molar-refractivity contribution in [2.45, 2.75) is 74.8 Å². The number of benzene rings is 1. The highest BCUT2D eigenvalue weighted by Crippen LogP contribution is 2.59. The second-order valence-corrected chi connectivity index (χ2v) is 15.1. The summed E-state index contributed by atoms with van der Waals surface area (Å²) in [5, 5.41) is 5.63. The van der Waals surface area contributed by atoms with Crippen molar-refractivity contribution in [1.29, 1.82) is 0 Å². The van der Waals surface area contributed by atoms with E-state index in [1.807, 2.05) is 18.2 Å². The zero-order chi connectivity index (χ0) is 35.5. The van der Waals surface area contributed by atoms with Crippen molar-refractivity contribution < 1.29 is 22.7 Å². The van der Waals surface area contributed by atoms with Crippen LogP contribution in [0.5, 0.6) is 0 Å². The molecule has 14 heteroatoms. The van der Waals surface area contributed by atoms with E-state index in [0.29, 0.717) is 22.7 Å². The molecule has 1 aromatic carbocycles. The molecule has 4 heterocycles. The number of amides is 1. The fourth-order valence-electron chi connectivity index (χ4n) is 6.74. The molecule has 3 atom stereocenters. The first-order valence-corrected chi connectivity index (χ1v) is 18.1. The Labute approximate surface area is 300 Å². The van der Waals surface area contributed by atoms with Gasteiger partial charge in [-0.3, -0.25) is 14.5 Å². The first-order chi connectivity index (χ1) is 23.8. The van der Waals surface area contributed by atoms with Crippen LogP contribution in [0.4, 0.5) is 24.8 Å². The Hall–Kier alpha value is -3.36. The summed E-state index contributed by atoms with van der Waals surface area (Å²) in [6.45, 7) is 6.43. The fraction of sp³-hybridized carbons (Fsp3) is 0.472.